The molecule has 1 aliphatic heterocycles. The van der Waals surface area contributed by atoms with Gasteiger partial charge in [-0.3, -0.25) is 4.79 Å². The van der Waals surface area contributed by atoms with Gasteiger partial charge in [0.05, 0.1) is 23.7 Å². The molecule has 1 aliphatic carbocycles. The summed E-state index contributed by atoms with van der Waals surface area (Å²) in [6.45, 7) is 3.68. The first-order valence-electron chi connectivity index (χ1n) is 8.61. The van der Waals surface area contributed by atoms with Crippen LogP contribution in [0.3, 0.4) is 0 Å². The highest BCUT2D eigenvalue weighted by Gasteiger charge is 2.48. The van der Waals surface area contributed by atoms with E-state index >= 15 is 0 Å². The van der Waals surface area contributed by atoms with Crippen molar-refractivity contribution in [2.24, 2.45) is 16.3 Å². The molecular weight excluding hydrogens is 362 g/mol. The van der Waals surface area contributed by atoms with Crippen molar-refractivity contribution in [2.45, 2.75) is 38.9 Å². The molecule has 0 amide bonds. The van der Waals surface area contributed by atoms with Crippen LogP contribution in [0.4, 0.5) is 23.4 Å². The number of benzene rings is 1. The minimum atomic E-state index is -4.78. The van der Waals surface area contributed by atoms with Crippen LogP contribution in [0.15, 0.2) is 35.5 Å². The summed E-state index contributed by atoms with van der Waals surface area (Å²) in [6, 6.07) is 3.75. The Morgan fingerprint density at radius 1 is 1.22 bits per heavy atom. The molecule has 142 valence electrons. The van der Waals surface area contributed by atoms with Gasteiger partial charge in [-0.05, 0) is 30.5 Å². The predicted molar refractivity (Wildman–Crippen MR) is 90.4 cm³/mol. The van der Waals surface area contributed by atoms with Crippen LogP contribution < -0.4 is 0 Å². The molecule has 27 heavy (non-hydrogen) atoms. The Kier molecular flexibility index (Phi) is 3.80. The van der Waals surface area contributed by atoms with Crippen molar-refractivity contribution in [3.8, 4) is 0 Å². The van der Waals surface area contributed by atoms with E-state index in [1.165, 1.54) is 16.9 Å². The lowest BCUT2D eigenvalue weighted by Crippen LogP contribution is -2.47. The van der Waals surface area contributed by atoms with Gasteiger partial charge < -0.3 is 0 Å². The maximum atomic E-state index is 14.2. The van der Waals surface area contributed by atoms with E-state index < -0.39 is 34.9 Å². The van der Waals surface area contributed by atoms with E-state index in [1.54, 1.807) is 6.07 Å². The zero-order chi connectivity index (χ0) is 19.6. The Morgan fingerprint density at radius 3 is 2.63 bits per heavy atom. The molecule has 2 heterocycles. The highest BCUT2D eigenvalue weighted by atomic mass is 19.4. The van der Waals surface area contributed by atoms with Gasteiger partial charge in [0.2, 0.25) is 0 Å². The molecule has 1 aromatic heterocycles. The summed E-state index contributed by atoms with van der Waals surface area (Å²) in [4.78, 5) is 17.6. The first-order chi connectivity index (χ1) is 12.6. The number of carbonyl (C=O) groups excluding carboxylic acids is 1. The molecule has 0 saturated heterocycles. The van der Waals surface area contributed by atoms with E-state index in [-0.39, 0.29) is 11.3 Å². The Morgan fingerprint density at radius 2 is 1.96 bits per heavy atom. The maximum Gasteiger partial charge on any atom is 0.419 e. The number of rotatable bonds is 1. The second kappa shape index (κ2) is 5.74. The number of Topliss-reactive ketones (excluding diaryl/α,β-unsaturated/α-hetero) is 1. The second-order valence-electron chi connectivity index (χ2n) is 7.64. The Labute approximate surface area is 152 Å². The number of hydrogen-bond acceptors (Lipinski definition) is 3. The van der Waals surface area contributed by atoms with Crippen molar-refractivity contribution in [3.63, 3.8) is 0 Å². The number of hydrogen-bond donors (Lipinski definition) is 0. The summed E-state index contributed by atoms with van der Waals surface area (Å²) >= 11 is 0. The maximum absolute atomic E-state index is 14.2. The number of fused-ring (bicyclic) bond motifs is 2. The average molecular weight is 379 g/mol. The van der Waals surface area contributed by atoms with E-state index in [4.69, 9.17) is 0 Å². The molecule has 2 atom stereocenters. The molecular formula is C19H17F4N3O. The van der Waals surface area contributed by atoms with Gasteiger partial charge in [0.15, 0.2) is 5.82 Å². The Bertz CT molecular complexity index is 958. The largest absolute Gasteiger partial charge is 0.419 e. The fourth-order valence-electron chi connectivity index (χ4n) is 3.92. The number of aromatic nitrogens is 2. The number of nitrogens with zero attached hydrogens (tertiary/aromatic N) is 3. The third kappa shape index (κ3) is 2.78. The summed E-state index contributed by atoms with van der Waals surface area (Å²) in [7, 11) is 0. The van der Waals surface area contributed by atoms with E-state index in [0.29, 0.717) is 24.4 Å². The molecule has 1 aromatic carbocycles. The van der Waals surface area contributed by atoms with Gasteiger partial charge in [-0.2, -0.15) is 18.3 Å². The van der Waals surface area contributed by atoms with Gasteiger partial charge in [-0.15, -0.1) is 0 Å². The van der Waals surface area contributed by atoms with Crippen molar-refractivity contribution in [1.29, 1.82) is 0 Å². The Hall–Kier alpha value is -2.51. The second-order valence-corrected chi connectivity index (χ2v) is 7.64. The molecule has 0 radical (unpaired) electrons. The van der Waals surface area contributed by atoms with E-state index in [1.807, 2.05) is 13.8 Å². The number of carbonyl (C=O) groups is 1. The molecule has 1 saturated carbocycles. The molecule has 2 aromatic rings. The fraction of sp³-hybridized carbons (Fsp3) is 0.421. The summed E-state index contributed by atoms with van der Waals surface area (Å²) < 4.78 is 54.4. The third-order valence-corrected chi connectivity index (χ3v) is 5.44. The molecule has 8 heteroatoms. The van der Waals surface area contributed by atoms with Gasteiger partial charge in [0, 0.05) is 17.2 Å². The number of alkyl halides is 3. The van der Waals surface area contributed by atoms with Crippen LogP contribution in [0.5, 0.6) is 0 Å². The van der Waals surface area contributed by atoms with Crippen LogP contribution in [-0.2, 0) is 11.0 Å². The van der Waals surface area contributed by atoms with Crippen LogP contribution in [-0.4, -0.2) is 21.3 Å². The lowest BCUT2D eigenvalue weighted by atomic mass is 9.66. The predicted octanol–water partition coefficient (Wildman–Crippen LogP) is 4.72. The molecule has 0 spiro atoms. The molecule has 0 N–H and O–H groups in total. The smallest absolute Gasteiger partial charge is 0.298 e. The first-order valence-corrected chi connectivity index (χ1v) is 8.61. The van der Waals surface area contributed by atoms with Crippen LogP contribution in [0.2, 0.25) is 0 Å². The minimum Gasteiger partial charge on any atom is -0.298 e. The number of halogens is 4. The highest BCUT2D eigenvalue weighted by Crippen LogP contribution is 2.45. The molecule has 2 unspecified atom stereocenters. The lowest BCUT2D eigenvalue weighted by molar-refractivity contribution is -0.140. The average Bonchev–Trinajstić information content (AvgIpc) is 3.03. The summed E-state index contributed by atoms with van der Waals surface area (Å²) in [5.74, 6) is -1.57. The van der Waals surface area contributed by atoms with E-state index in [2.05, 4.69) is 10.1 Å². The topological polar surface area (TPSA) is 47.2 Å². The monoisotopic (exact) mass is 379 g/mol. The van der Waals surface area contributed by atoms with Crippen molar-refractivity contribution >= 4 is 17.3 Å². The third-order valence-electron chi connectivity index (χ3n) is 5.44. The summed E-state index contributed by atoms with van der Waals surface area (Å²) in [5, 5.41) is 4.20. The van der Waals surface area contributed by atoms with Crippen molar-refractivity contribution in [1.82, 2.24) is 9.78 Å². The van der Waals surface area contributed by atoms with E-state index in [9.17, 15) is 22.4 Å². The van der Waals surface area contributed by atoms with Crippen molar-refractivity contribution < 1.29 is 22.4 Å². The normalized spacial score (nSPS) is 24.2. The lowest BCUT2D eigenvalue weighted by Gasteiger charge is -2.41. The first kappa shape index (κ1) is 17.9. The molecule has 2 aliphatic rings. The van der Waals surface area contributed by atoms with Crippen LogP contribution >= 0.6 is 0 Å². The fourth-order valence-corrected chi connectivity index (χ4v) is 3.92. The van der Waals surface area contributed by atoms with Crippen molar-refractivity contribution in [2.75, 3.05) is 0 Å². The molecule has 0 bridgehead atoms. The zero-order valence-electron chi connectivity index (χ0n) is 14.7. The number of ketones is 1. The quantitative estimate of drug-likeness (QED) is 0.673. The van der Waals surface area contributed by atoms with Crippen LogP contribution in [0.1, 0.15) is 43.9 Å². The van der Waals surface area contributed by atoms with Gasteiger partial charge >= 0.3 is 6.18 Å². The SMILES string of the molecule is CC1(C)CCC2=Nc3ccnn3C(c3ccc(C(F)(F)F)c(F)c3)C2C1=O. The molecule has 1 fully saturated rings. The Balaban J connectivity index is 1.86. The zero-order valence-corrected chi connectivity index (χ0v) is 14.7. The van der Waals surface area contributed by atoms with Gasteiger partial charge in [-0.25, -0.2) is 14.1 Å². The van der Waals surface area contributed by atoms with Gasteiger partial charge in [0.1, 0.15) is 11.6 Å². The van der Waals surface area contributed by atoms with Gasteiger partial charge in [-0.1, -0.05) is 19.9 Å². The minimum absolute atomic E-state index is 0.0565. The van der Waals surface area contributed by atoms with Crippen LogP contribution in [0, 0.1) is 17.2 Å². The van der Waals surface area contributed by atoms with Gasteiger partial charge in [0.25, 0.3) is 0 Å². The molecule has 4 rings (SSSR count). The number of aliphatic imine (C=N–C) groups is 1. The van der Waals surface area contributed by atoms with Crippen molar-refractivity contribution in [3.05, 3.63) is 47.4 Å². The molecule has 4 nitrogen and oxygen atoms in total. The summed E-state index contributed by atoms with van der Waals surface area (Å²) in [5.41, 5.74) is -0.963. The van der Waals surface area contributed by atoms with Crippen LogP contribution in [0.25, 0.3) is 0 Å². The van der Waals surface area contributed by atoms with E-state index in [0.717, 1.165) is 12.1 Å². The summed E-state index contributed by atoms with van der Waals surface area (Å²) in [6.07, 6.45) is -2.02. The highest BCUT2D eigenvalue weighted by molar-refractivity contribution is 6.11. The standard InChI is InChI=1S/C19H17F4N3O/c1-18(2)7-5-13-15(17(18)27)16(26-14(25-13)6-8-24-26)10-3-4-11(12(20)9-10)19(21,22)23/h3-4,6,8-9,15-16H,5,7H2,1-2H3.